The number of carbonyl (C=O) groups is 2. The fourth-order valence-corrected chi connectivity index (χ4v) is 5.55. The van der Waals surface area contributed by atoms with Gasteiger partial charge in [-0.05, 0) is 67.4 Å². The van der Waals surface area contributed by atoms with Gasteiger partial charge in [-0.3, -0.25) is 13.9 Å². The molecule has 0 aliphatic heterocycles. The van der Waals surface area contributed by atoms with Gasteiger partial charge in [0, 0.05) is 13.1 Å². The summed E-state index contributed by atoms with van der Waals surface area (Å²) in [6, 6.07) is 16.9. The van der Waals surface area contributed by atoms with Crippen molar-refractivity contribution in [3.05, 3.63) is 84.2 Å². The van der Waals surface area contributed by atoms with Gasteiger partial charge < -0.3 is 19.7 Å². The lowest BCUT2D eigenvalue weighted by atomic mass is 10.1. The minimum absolute atomic E-state index is 0.0379. The highest BCUT2D eigenvalue weighted by molar-refractivity contribution is 7.92. The van der Waals surface area contributed by atoms with E-state index in [2.05, 4.69) is 5.32 Å². The van der Waals surface area contributed by atoms with E-state index in [1.54, 1.807) is 31.2 Å². The van der Waals surface area contributed by atoms with Gasteiger partial charge in [0.1, 0.15) is 29.9 Å². The van der Waals surface area contributed by atoms with Gasteiger partial charge >= 0.3 is 0 Å². The Morgan fingerprint density at radius 1 is 0.951 bits per heavy atom. The summed E-state index contributed by atoms with van der Waals surface area (Å²) < 4.78 is 53.1. The molecule has 0 heterocycles. The molecule has 220 valence electrons. The van der Waals surface area contributed by atoms with Crippen LogP contribution in [0.5, 0.6) is 11.5 Å². The summed E-state index contributed by atoms with van der Waals surface area (Å²) in [6.45, 7) is 3.35. The largest absolute Gasteiger partial charge is 0.497 e. The predicted molar refractivity (Wildman–Crippen MR) is 155 cm³/mol. The molecule has 0 aliphatic carbocycles. The van der Waals surface area contributed by atoms with Gasteiger partial charge in [-0.25, -0.2) is 12.8 Å². The monoisotopic (exact) mass is 585 g/mol. The number of anilines is 1. The normalized spacial score (nSPS) is 11.8. The van der Waals surface area contributed by atoms with Gasteiger partial charge in [0.15, 0.2) is 0 Å². The molecule has 0 spiro atoms. The van der Waals surface area contributed by atoms with Crippen molar-refractivity contribution in [3.8, 4) is 11.5 Å². The molecule has 3 aromatic carbocycles. The molecule has 2 amide bonds. The van der Waals surface area contributed by atoms with Crippen molar-refractivity contribution in [2.24, 2.45) is 0 Å². The SMILES string of the molecule is CCCCNC(=O)[C@@H](C)N(Cc1ccc(F)cc1)C(=O)CN(c1ccccc1OC)S(=O)(=O)c1ccc(OC)cc1. The van der Waals surface area contributed by atoms with Gasteiger partial charge in [0.05, 0.1) is 24.8 Å². The van der Waals surface area contributed by atoms with Crippen LogP contribution >= 0.6 is 0 Å². The molecule has 11 heteroatoms. The van der Waals surface area contributed by atoms with Crippen molar-refractivity contribution in [2.45, 2.75) is 44.2 Å². The highest BCUT2D eigenvalue weighted by Gasteiger charge is 2.33. The number of amides is 2. The van der Waals surface area contributed by atoms with E-state index in [1.807, 2.05) is 6.92 Å². The molecule has 0 bridgehead atoms. The number of nitrogens with one attached hydrogen (secondary N) is 1. The zero-order valence-corrected chi connectivity index (χ0v) is 24.5. The summed E-state index contributed by atoms with van der Waals surface area (Å²) in [4.78, 5) is 28.2. The number of benzene rings is 3. The molecule has 0 saturated carbocycles. The van der Waals surface area contributed by atoms with E-state index in [1.165, 1.54) is 67.7 Å². The van der Waals surface area contributed by atoms with Crippen LogP contribution < -0.4 is 19.1 Å². The number of para-hydroxylation sites is 2. The molecular formula is C30H36FN3O6S. The van der Waals surface area contributed by atoms with Crippen LogP contribution in [0.15, 0.2) is 77.7 Å². The average molecular weight is 586 g/mol. The number of hydrogen-bond acceptors (Lipinski definition) is 6. The molecular weight excluding hydrogens is 549 g/mol. The lowest BCUT2D eigenvalue weighted by molar-refractivity contribution is -0.139. The molecule has 1 atom stereocenters. The molecule has 0 saturated heterocycles. The Morgan fingerprint density at radius 2 is 1.61 bits per heavy atom. The maximum absolute atomic E-state index is 14.0. The first-order chi connectivity index (χ1) is 19.6. The van der Waals surface area contributed by atoms with Crippen molar-refractivity contribution in [3.63, 3.8) is 0 Å². The summed E-state index contributed by atoms with van der Waals surface area (Å²) in [5, 5.41) is 2.83. The van der Waals surface area contributed by atoms with Crippen molar-refractivity contribution >= 4 is 27.5 Å². The standard InChI is InChI=1S/C30H36FN3O6S/c1-5-6-19-32-30(36)22(2)33(20-23-11-13-24(31)14-12-23)29(35)21-34(27-9-7-8-10-28(27)40-4)41(37,38)26-17-15-25(39-3)16-18-26/h7-18,22H,5-6,19-21H2,1-4H3,(H,32,36)/t22-/m1/s1. The number of nitrogens with zero attached hydrogens (tertiary/aromatic N) is 2. The van der Waals surface area contributed by atoms with Crippen LogP contribution in [-0.2, 0) is 26.2 Å². The van der Waals surface area contributed by atoms with E-state index in [0.29, 0.717) is 17.9 Å². The number of sulfonamides is 1. The zero-order valence-electron chi connectivity index (χ0n) is 23.7. The Balaban J connectivity index is 2.03. The second-order valence-electron chi connectivity index (χ2n) is 9.33. The lowest BCUT2D eigenvalue weighted by Crippen LogP contribution is -2.51. The Labute approximate surface area is 240 Å². The van der Waals surface area contributed by atoms with E-state index in [9.17, 15) is 22.4 Å². The second kappa shape index (κ2) is 14.5. The lowest BCUT2D eigenvalue weighted by Gasteiger charge is -2.32. The topological polar surface area (TPSA) is 105 Å². The quantitative estimate of drug-likeness (QED) is 0.282. The molecule has 1 N–H and O–H groups in total. The van der Waals surface area contributed by atoms with Crippen molar-refractivity contribution < 1.29 is 31.9 Å². The van der Waals surface area contributed by atoms with Crippen LogP contribution in [0.1, 0.15) is 32.3 Å². The highest BCUT2D eigenvalue weighted by atomic mass is 32.2. The number of halogens is 1. The number of ether oxygens (including phenoxy) is 2. The first-order valence-electron chi connectivity index (χ1n) is 13.2. The van der Waals surface area contributed by atoms with Crippen LogP contribution in [0.4, 0.5) is 10.1 Å². The third kappa shape index (κ3) is 7.97. The summed E-state index contributed by atoms with van der Waals surface area (Å²) in [5.41, 5.74) is 0.732. The van der Waals surface area contributed by atoms with Crippen molar-refractivity contribution in [1.82, 2.24) is 10.2 Å². The molecule has 41 heavy (non-hydrogen) atoms. The Hall–Kier alpha value is -4.12. The summed E-state index contributed by atoms with van der Waals surface area (Å²) >= 11 is 0. The fraction of sp³-hybridized carbons (Fsp3) is 0.333. The number of carbonyl (C=O) groups excluding carboxylic acids is 2. The molecule has 9 nitrogen and oxygen atoms in total. The Morgan fingerprint density at radius 3 is 2.22 bits per heavy atom. The van der Waals surface area contributed by atoms with Gasteiger partial charge in [0.2, 0.25) is 11.8 Å². The van der Waals surface area contributed by atoms with E-state index in [-0.39, 0.29) is 28.8 Å². The fourth-order valence-electron chi connectivity index (χ4n) is 4.13. The molecule has 3 rings (SSSR count). The molecule has 0 aliphatic rings. The number of unbranched alkanes of at least 4 members (excludes halogenated alkanes) is 1. The highest BCUT2D eigenvalue weighted by Crippen LogP contribution is 2.33. The van der Waals surface area contributed by atoms with Gasteiger partial charge in [-0.1, -0.05) is 37.6 Å². The Kier molecular flexibility index (Phi) is 11.1. The van der Waals surface area contributed by atoms with Crippen LogP contribution in [0.2, 0.25) is 0 Å². The predicted octanol–water partition coefficient (Wildman–Crippen LogP) is 4.37. The smallest absolute Gasteiger partial charge is 0.264 e. The van der Waals surface area contributed by atoms with Crippen LogP contribution in [0.3, 0.4) is 0 Å². The number of rotatable bonds is 14. The van der Waals surface area contributed by atoms with Gasteiger partial charge in [0.25, 0.3) is 10.0 Å². The minimum Gasteiger partial charge on any atom is -0.497 e. The zero-order chi connectivity index (χ0) is 30.0. The summed E-state index contributed by atoms with van der Waals surface area (Å²) in [7, 11) is -1.41. The number of hydrogen-bond donors (Lipinski definition) is 1. The third-order valence-electron chi connectivity index (χ3n) is 6.54. The maximum atomic E-state index is 14.0. The van der Waals surface area contributed by atoms with Crippen LogP contribution in [0, 0.1) is 5.82 Å². The second-order valence-corrected chi connectivity index (χ2v) is 11.2. The summed E-state index contributed by atoms with van der Waals surface area (Å²) in [6.07, 6.45) is 1.65. The molecule has 0 fully saturated rings. The van der Waals surface area contributed by atoms with Crippen molar-refractivity contribution in [1.29, 1.82) is 0 Å². The molecule has 0 radical (unpaired) electrons. The summed E-state index contributed by atoms with van der Waals surface area (Å²) in [5.74, 6) is -0.735. The van der Waals surface area contributed by atoms with E-state index in [0.717, 1.165) is 17.1 Å². The maximum Gasteiger partial charge on any atom is 0.264 e. The van der Waals surface area contributed by atoms with Crippen LogP contribution in [0.25, 0.3) is 0 Å². The first-order valence-corrected chi connectivity index (χ1v) is 14.7. The minimum atomic E-state index is -4.28. The molecule has 0 unspecified atom stereocenters. The third-order valence-corrected chi connectivity index (χ3v) is 8.32. The van der Waals surface area contributed by atoms with Crippen molar-refractivity contribution in [2.75, 3.05) is 31.6 Å². The van der Waals surface area contributed by atoms with Crippen LogP contribution in [-0.4, -0.2) is 58.5 Å². The first kappa shape index (κ1) is 31.4. The van der Waals surface area contributed by atoms with Gasteiger partial charge in [-0.2, -0.15) is 0 Å². The molecule has 0 aromatic heterocycles. The average Bonchev–Trinajstić information content (AvgIpc) is 2.99. The molecule has 3 aromatic rings. The Bertz CT molecular complexity index is 1410. The van der Waals surface area contributed by atoms with Gasteiger partial charge in [-0.15, -0.1) is 0 Å². The van der Waals surface area contributed by atoms with E-state index < -0.39 is 34.3 Å². The van der Waals surface area contributed by atoms with E-state index >= 15 is 0 Å². The van der Waals surface area contributed by atoms with E-state index in [4.69, 9.17) is 9.47 Å². The number of methoxy groups -OCH3 is 2.